The number of aromatic amines is 1. The van der Waals surface area contributed by atoms with Gasteiger partial charge in [-0.3, -0.25) is 14.2 Å². The van der Waals surface area contributed by atoms with Gasteiger partial charge in [0.05, 0.1) is 0 Å². The third-order valence-corrected chi connectivity index (χ3v) is 3.83. The predicted octanol–water partition coefficient (Wildman–Crippen LogP) is -0.584. The molecule has 20 heavy (non-hydrogen) atoms. The van der Waals surface area contributed by atoms with Crippen LogP contribution in [-0.4, -0.2) is 39.0 Å². The second-order valence-corrected chi connectivity index (χ2v) is 5.29. The number of hydrogen-bond donors (Lipinski definition) is 2. The van der Waals surface area contributed by atoms with Crippen molar-refractivity contribution in [3.05, 3.63) is 32.6 Å². The van der Waals surface area contributed by atoms with Crippen LogP contribution in [0.2, 0.25) is 0 Å². The number of carbonyl (C=O) groups is 1. The van der Waals surface area contributed by atoms with Crippen molar-refractivity contribution >= 4 is 5.91 Å². The number of aromatic nitrogens is 2. The molecule has 1 aliphatic rings. The van der Waals surface area contributed by atoms with Gasteiger partial charge in [0.25, 0.3) is 11.5 Å². The highest BCUT2D eigenvalue weighted by molar-refractivity contribution is 5.93. The first kappa shape index (κ1) is 14.5. The Hall–Kier alpha value is -1.89. The fourth-order valence-electron chi connectivity index (χ4n) is 2.63. The van der Waals surface area contributed by atoms with Crippen molar-refractivity contribution in [3.8, 4) is 0 Å². The number of likely N-dealkylation sites (tertiary alicyclic amines) is 1. The Morgan fingerprint density at radius 2 is 2.15 bits per heavy atom. The molecule has 2 rings (SSSR count). The summed E-state index contributed by atoms with van der Waals surface area (Å²) < 4.78 is 0.901. The summed E-state index contributed by atoms with van der Waals surface area (Å²) in [4.78, 5) is 39.9. The number of nitrogens with one attached hydrogen (secondary N) is 1. The van der Waals surface area contributed by atoms with Crippen LogP contribution >= 0.6 is 0 Å². The summed E-state index contributed by atoms with van der Waals surface area (Å²) in [5.41, 5.74) is 4.81. The van der Waals surface area contributed by atoms with Gasteiger partial charge in [-0.1, -0.05) is 0 Å². The standard InChI is InChI=1S/C13H20N4O3/c1-8(14)10-5-3-4-6-17(10)12(19)9-7-15-13(20)16(2)11(9)18/h7-8,10H,3-6,14H2,1-2H3,(H,15,20)/t8-,10+/m0/s1. The smallest absolute Gasteiger partial charge is 0.328 e. The number of amides is 1. The van der Waals surface area contributed by atoms with Crippen LogP contribution in [0.1, 0.15) is 36.5 Å². The van der Waals surface area contributed by atoms with E-state index in [-0.39, 0.29) is 23.6 Å². The second-order valence-electron chi connectivity index (χ2n) is 5.29. The first-order valence-electron chi connectivity index (χ1n) is 6.78. The van der Waals surface area contributed by atoms with Crippen molar-refractivity contribution in [2.45, 2.75) is 38.3 Å². The second kappa shape index (κ2) is 5.62. The van der Waals surface area contributed by atoms with Gasteiger partial charge in [0.2, 0.25) is 0 Å². The molecule has 0 aromatic carbocycles. The van der Waals surface area contributed by atoms with Crippen molar-refractivity contribution in [3.63, 3.8) is 0 Å². The maximum absolute atomic E-state index is 12.5. The number of rotatable bonds is 2. The number of nitrogens with zero attached hydrogens (tertiary/aromatic N) is 2. The lowest BCUT2D eigenvalue weighted by Gasteiger charge is -2.37. The molecular weight excluding hydrogens is 260 g/mol. The van der Waals surface area contributed by atoms with E-state index >= 15 is 0 Å². The molecule has 7 heteroatoms. The van der Waals surface area contributed by atoms with E-state index in [2.05, 4.69) is 4.98 Å². The summed E-state index contributed by atoms with van der Waals surface area (Å²) in [6.07, 6.45) is 3.96. The molecule has 7 nitrogen and oxygen atoms in total. The Bertz CT molecular complexity index is 617. The molecule has 1 aromatic rings. The maximum Gasteiger partial charge on any atom is 0.328 e. The summed E-state index contributed by atoms with van der Waals surface area (Å²) in [5, 5.41) is 0. The zero-order valence-electron chi connectivity index (χ0n) is 11.8. The molecule has 0 spiro atoms. The molecular formula is C13H20N4O3. The van der Waals surface area contributed by atoms with Crippen molar-refractivity contribution in [2.24, 2.45) is 12.8 Å². The normalized spacial score (nSPS) is 20.8. The third kappa shape index (κ3) is 2.53. The van der Waals surface area contributed by atoms with Gasteiger partial charge >= 0.3 is 5.69 Å². The molecule has 1 amide bonds. The zero-order valence-corrected chi connectivity index (χ0v) is 11.8. The fourth-order valence-corrected chi connectivity index (χ4v) is 2.63. The van der Waals surface area contributed by atoms with Crippen LogP contribution in [0.25, 0.3) is 0 Å². The molecule has 0 radical (unpaired) electrons. The SMILES string of the molecule is C[C@H](N)[C@H]1CCCCN1C(=O)c1c[nH]c(=O)n(C)c1=O. The van der Waals surface area contributed by atoms with Gasteiger partial charge in [0.15, 0.2) is 0 Å². The number of piperidine rings is 1. The van der Waals surface area contributed by atoms with E-state index in [0.29, 0.717) is 6.54 Å². The van der Waals surface area contributed by atoms with Crippen LogP contribution in [-0.2, 0) is 7.05 Å². The number of hydrogen-bond acceptors (Lipinski definition) is 4. The first-order valence-corrected chi connectivity index (χ1v) is 6.78. The summed E-state index contributed by atoms with van der Waals surface area (Å²) >= 11 is 0. The van der Waals surface area contributed by atoms with E-state index in [1.807, 2.05) is 6.92 Å². The Morgan fingerprint density at radius 1 is 1.45 bits per heavy atom. The minimum Gasteiger partial charge on any atom is -0.334 e. The average Bonchev–Trinajstić information content (AvgIpc) is 2.44. The highest BCUT2D eigenvalue weighted by atomic mass is 16.2. The fraction of sp³-hybridized carbons (Fsp3) is 0.615. The predicted molar refractivity (Wildman–Crippen MR) is 74.6 cm³/mol. The van der Waals surface area contributed by atoms with Gasteiger partial charge in [-0.25, -0.2) is 4.79 Å². The molecule has 1 aromatic heterocycles. The van der Waals surface area contributed by atoms with Gasteiger partial charge in [-0.05, 0) is 26.2 Å². The maximum atomic E-state index is 12.5. The van der Waals surface area contributed by atoms with Crippen LogP contribution in [0.4, 0.5) is 0 Å². The highest BCUT2D eigenvalue weighted by Crippen LogP contribution is 2.20. The quantitative estimate of drug-likeness (QED) is 0.756. The minimum absolute atomic E-state index is 0.0142. The lowest BCUT2D eigenvalue weighted by atomic mass is 9.96. The Balaban J connectivity index is 2.38. The molecule has 3 N–H and O–H groups in total. The number of H-pyrrole nitrogens is 1. The van der Waals surface area contributed by atoms with E-state index in [1.165, 1.54) is 13.2 Å². The van der Waals surface area contributed by atoms with Crippen molar-refractivity contribution in [1.82, 2.24) is 14.5 Å². The lowest BCUT2D eigenvalue weighted by Crippen LogP contribution is -2.53. The molecule has 1 aliphatic heterocycles. The minimum atomic E-state index is -0.576. The Morgan fingerprint density at radius 3 is 2.80 bits per heavy atom. The van der Waals surface area contributed by atoms with Crippen LogP contribution in [0, 0.1) is 0 Å². The molecule has 0 saturated carbocycles. The van der Waals surface area contributed by atoms with E-state index in [0.717, 1.165) is 23.8 Å². The largest absolute Gasteiger partial charge is 0.334 e. The summed E-state index contributed by atoms with van der Waals surface area (Å²) in [6, 6.07) is -0.209. The average molecular weight is 280 g/mol. The van der Waals surface area contributed by atoms with Crippen LogP contribution in [0.5, 0.6) is 0 Å². The van der Waals surface area contributed by atoms with Gasteiger partial charge in [0.1, 0.15) is 5.56 Å². The monoisotopic (exact) mass is 280 g/mol. The summed E-state index contributed by atoms with van der Waals surface area (Å²) in [5.74, 6) is -0.358. The molecule has 0 bridgehead atoms. The Labute approximate surface area is 116 Å². The van der Waals surface area contributed by atoms with Gasteiger partial charge < -0.3 is 15.6 Å². The molecule has 2 atom stereocenters. The van der Waals surface area contributed by atoms with Gasteiger partial charge in [-0.2, -0.15) is 0 Å². The van der Waals surface area contributed by atoms with Gasteiger partial charge in [0, 0.05) is 31.9 Å². The first-order chi connectivity index (χ1) is 9.43. The van der Waals surface area contributed by atoms with Crippen LogP contribution in [0.3, 0.4) is 0 Å². The van der Waals surface area contributed by atoms with E-state index in [9.17, 15) is 14.4 Å². The van der Waals surface area contributed by atoms with E-state index < -0.39 is 11.2 Å². The third-order valence-electron chi connectivity index (χ3n) is 3.83. The molecule has 1 saturated heterocycles. The van der Waals surface area contributed by atoms with Crippen molar-refractivity contribution in [2.75, 3.05) is 6.54 Å². The van der Waals surface area contributed by atoms with Crippen LogP contribution < -0.4 is 17.0 Å². The topological polar surface area (TPSA) is 101 Å². The zero-order chi connectivity index (χ0) is 14.9. The molecule has 0 unspecified atom stereocenters. The summed E-state index contributed by atoms with van der Waals surface area (Å²) in [6.45, 7) is 2.45. The molecule has 2 heterocycles. The van der Waals surface area contributed by atoms with E-state index in [1.54, 1.807) is 4.90 Å². The number of nitrogens with two attached hydrogens (primary N) is 1. The van der Waals surface area contributed by atoms with E-state index in [4.69, 9.17) is 5.73 Å². The van der Waals surface area contributed by atoms with Crippen LogP contribution in [0.15, 0.2) is 15.8 Å². The molecule has 110 valence electrons. The van der Waals surface area contributed by atoms with Crippen molar-refractivity contribution < 1.29 is 4.79 Å². The Kier molecular flexibility index (Phi) is 4.08. The summed E-state index contributed by atoms with van der Waals surface area (Å²) in [7, 11) is 1.34. The molecule has 1 fully saturated rings. The lowest BCUT2D eigenvalue weighted by molar-refractivity contribution is 0.0580. The van der Waals surface area contributed by atoms with Crippen molar-refractivity contribution in [1.29, 1.82) is 0 Å². The number of carbonyl (C=O) groups excluding carboxylic acids is 1. The van der Waals surface area contributed by atoms with Gasteiger partial charge in [-0.15, -0.1) is 0 Å². The molecule has 0 aliphatic carbocycles. The highest BCUT2D eigenvalue weighted by Gasteiger charge is 2.31.